The van der Waals surface area contributed by atoms with Crippen LogP contribution in [0.2, 0.25) is 0 Å². The van der Waals surface area contributed by atoms with Crippen molar-refractivity contribution in [2.24, 2.45) is 0 Å². The highest BCUT2D eigenvalue weighted by atomic mass is 32.2. The highest BCUT2D eigenvalue weighted by Gasteiger charge is 1.87. The number of unbranched alkanes of at least 4 members (excludes halogenated alkanes) is 1. The van der Waals surface area contributed by atoms with Gasteiger partial charge in [-0.2, -0.15) is 17.0 Å². The van der Waals surface area contributed by atoms with E-state index in [0.717, 1.165) is 31.0 Å². The van der Waals surface area contributed by atoms with Crippen LogP contribution in [0.15, 0.2) is 12.7 Å². The molecular weight excluding hydrogens is 168 g/mol. The molecule has 0 heterocycles. The van der Waals surface area contributed by atoms with Crippen LogP contribution < -0.4 is 5.32 Å². The van der Waals surface area contributed by atoms with Crippen LogP contribution in [-0.4, -0.2) is 24.6 Å². The van der Waals surface area contributed by atoms with Gasteiger partial charge in [0.05, 0.1) is 6.07 Å². The Hall–Kier alpha value is -0.460. The van der Waals surface area contributed by atoms with Crippen LogP contribution in [0.1, 0.15) is 12.8 Å². The summed E-state index contributed by atoms with van der Waals surface area (Å²) in [6.45, 7) is 5.63. The van der Waals surface area contributed by atoms with Gasteiger partial charge in [0, 0.05) is 24.5 Å². The summed E-state index contributed by atoms with van der Waals surface area (Å²) < 4.78 is 0. The van der Waals surface area contributed by atoms with Crippen LogP contribution in [0.3, 0.4) is 0 Å². The lowest BCUT2D eigenvalue weighted by Gasteiger charge is -2.00. The second-order valence-electron chi connectivity index (χ2n) is 2.38. The van der Waals surface area contributed by atoms with Gasteiger partial charge in [-0.15, -0.1) is 6.58 Å². The van der Waals surface area contributed by atoms with E-state index in [9.17, 15) is 0 Å². The molecular formula is C9H16N2S. The van der Waals surface area contributed by atoms with E-state index in [-0.39, 0.29) is 0 Å². The van der Waals surface area contributed by atoms with Crippen molar-refractivity contribution in [1.29, 1.82) is 5.26 Å². The lowest BCUT2D eigenvalue weighted by Crippen LogP contribution is -2.18. The topological polar surface area (TPSA) is 35.8 Å². The first-order valence-corrected chi connectivity index (χ1v) is 5.33. The minimum Gasteiger partial charge on any atom is -0.316 e. The molecule has 0 spiro atoms. The summed E-state index contributed by atoms with van der Waals surface area (Å²) in [7, 11) is 0. The Balaban J connectivity index is 2.82. The Bertz CT molecular complexity index is 140. The first kappa shape index (κ1) is 11.5. The summed E-state index contributed by atoms with van der Waals surface area (Å²) in [5.41, 5.74) is 0. The van der Waals surface area contributed by atoms with Crippen molar-refractivity contribution in [1.82, 2.24) is 5.32 Å². The molecule has 1 N–H and O–H groups in total. The quantitative estimate of drug-likeness (QED) is 0.461. The van der Waals surface area contributed by atoms with Crippen LogP contribution in [0, 0.1) is 11.3 Å². The van der Waals surface area contributed by atoms with E-state index in [4.69, 9.17) is 5.26 Å². The minimum atomic E-state index is 0.660. The summed E-state index contributed by atoms with van der Waals surface area (Å²) in [4.78, 5) is 0. The number of rotatable bonds is 8. The maximum Gasteiger partial charge on any atom is 0.0622 e. The molecule has 0 atom stereocenters. The van der Waals surface area contributed by atoms with Crippen LogP contribution >= 0.6 is 11.8 Å². The van der Waals surface area contributed by atoms with Crippen LogP contribution in [-0.2, 0) is 0 Å². The molecule has 68 valence electrons. The third-order valence-electron chi connectivity index (χ3n) is 1.30. The second kappa shape index (κ2) is 10.5. The smallest absolute Gasteiger partial charge is 0.0622 e. The van der Waals surface area contributed by atoms with E-state index < -0.39 is 0 Å². The lowest BCUT2D eigenvalue weighted by molar-refractivity contribution is 0.686. The Morgan fingerprint density at radius 2 is 2.33 bits per heavy atom. The monoisotopic (exact) mass is 184 g/mol. The van der Waals surface area contributed by atoms with E-state index in [2.05, 4.69) is 18.0 Å². The summed E-state index contributed by atoms with van der Waals surface area (Å²) in [6, 6.07) is 2.12. The number of thioether (sulfide) groups is 1. The molecule has 0 aliphatic carbocycles. The standard InChI is InChI=1S/C9H16N2S/c1-2-8-12-9-7-11-6-4-3-5-10/h2,11H,1,3-4,6-9H2. The Morgan fingerprint density at radius 3 is 3.00 bits per heavy atom. The van der Waals surface area contributed by atoms with E-state index >= 15 is 0 Å². The Kier molecular flexibility index (Phi) is 10.1. The highest BCUT2D eigenvalue weighted by molar-refractivity contribution is 7.99. The molecule has 0 saturated carbocycles. The molecule has 0 fully saturated rings. The molecule has 0 saturated heterocycles. The molecule has 0 rings (SSSR count). The molecule has 12 heavy (non-hydrogen) atoms. The zero-order valence-electron chi connectivity index (χ0n) is 7.38. The van der Waals surface area contributed by atoms with Crippen molar-refractivity contribution in [2.75, 3.05) is 24.6 Å². The summed E-state index contributed by atoms with van der Waals surface area (Å²) in [5.74, 6) is 2.15. The summed E-state index contributed by atoms with van der Waals surface area (Å²) >= 11 is 1.87. The maximum absolute atomic E-state index is 8.25. The van der Waals surface area contributed by atoms with Gasteiger partial charge < -0.3 is 5.32 Å². The predicted octanol–water partition coefficient (Wildman–Crippen LogP) is 1.80. The van der Waals surface area contributed by atoms with Gasteiger partial charge in [-0.3, -0.25) is 0 Å². The third-order valence-corrected chi connectivity index (χ3v) is 2.27. The molecule has 0 aromatic heterocycles. The summed E-state index contributed by atoms with van der Waals surface area (Å²) in [6.07, 6.45) is 3.54. The van der Waals surface area contributed by atoms with Crippen molar-refractivity contribution in [3.63, 3.8) is 0 Å². The van der Waals surface area contributed by atoms with Crippen molar-refractivity contribution in [3.05, 3.63) is 12.7 Å². The fraction of sp³-hybridized carbons (Fsp3) is 0.667. The molecule has 0 aromatic rings. The second-order valence-corrected chi connectivity index (χ2v) is 3.53. The SMILES string of the molecule is C=CCSCCNCCCC#N. The predicted molar refractivity (Wildman–Crippen MR) is 55.2 cm³/mol. The zero-order chi connectivity index (χ0) is 9.07. The summed E-state index contributed by atoms with van der Waals surface area (Å²) in [5, 5.41) is 11.5. The van der Waals surface area contributed by atoms with Crippen molar-refractivity contribution in [3.8, 4) is 6.07 Å². The lowest BCUT2D eigenvalue weighted by atomic mass is 10.3. The van der Waals surface area contributed by atoms with E-state index in [1.807, 2.05) is 17.8 Å². The van der Waals surface area contributed by atoms with Crippen LogP contribution in [0.4, 0.5) is 0 Å². The number of hydrogen-bond acceptors (Lipinski definition) is 3. The molecule has 0 unspecified atom stereocenters. The number of hydrogen-bond donors (Lipinski definition) is 1. The number of nitrogens with zero attached hydrogens (tertiary/aromatic N) is 1. The minimum absolute atomic E-state index is 0.660. The molecule has 3 heteroatoms. The number of nitrogens with one attached hydrogen (secondary N) is 1. The number of nitriles is 1. The van der Waals surface area contributed by atoms with Gasteiger partial charge >= 0.3 is 0 Å². The van der Waals surface area contributed by atoms with Crippen LogP contribution in [0.25, 0.3) is 0 Å². The molecule has 0 aliphatic heterocycles. The van der Waals surface area contributed by atoms with Gasteiger partial charge in [0.2, 0.25) is 0 Å². The van der Waals surface area contributed by atoms with Crippen molar-refractivity contribution in [2.45, 2.75) is 12.8 Å². The molecule has 0 aromatic carbocycles. The highest BCUT2D eigenvalue weighted by Crippen LogP contribution is 1.96. The largest absolute Gasteiger partial charge is 0.316 e. The Labute approximate surface area is 79.0 Å². The fourth-order valence-electron chi connectivity index (χ4n) is 0.728. The van der Waals surface area contributed by atoms with E-state index in [1.165, 1.54) is 0 Å². The van der Waals surface area contributed by atoms with Crippen molar-refractivity contribution >= 4 is 11.8 Å². The maximum atomic E-state index is 8.25. The average molecular weight is 184 g/mol. The van der Waals surface area contributed by atoms with Gasteiger partial charge in [-0.25, -0.2) is 0 Å². The average Bonchev–Trinajstić information content (AvgIpc) is 2.10. The molecule has 2 nitrogen and oxygen atoms in total. The van der Waals surface area contributed by atoms with Gasteiger partial charge in [0.15, 0.2) is 0 Å². The fourth-order valence-corrected chi connectivity index (χ4v) is 1.35. The van der Waals surface area contributed by atoms with Crippen LogP contribution in [0.5, 0.6) is 0 Å². The zero-order valence-corrected chi connectivity index (χ0v) is 8.20. The van der Waals surface area contributed by atoms with Gasteiger partial charge in [0.25, 0.3) is 0 Å². The van der Waals surface area contributed by atoms with E-state index in [0.29, 0.717) is 6.42 Å². The van der Waals surface area contributed by atoms with Gasteiger partial charge in [-0.05, 0) is 13.0 Å². The first-order valence-electron chi connectivity index (χ1n) is 4.18. The van der Waals surface area contributed by atoms with Gasteiger partial charge in [0.1, 0.15) is 0 Å². The first-order chi connectivity index (χ1) is 5.91. The molecule has 0 aliphatic rings. The van der Waals surface area contributed by atoms with Gasteiger partial charge in [-0.1, -0.05) is 6.08 Å². The normalized spacial score (nSPS) is 9.25. The Morgan fingerprint density at radius 1 is 1.50 bits per heavy atom. The molecule has 0 bridgehead atoms. The molecule has 0 radical (unpaired) electrons. The van der Waals surface area contributed by atoms with Crippen molar-refractivity contribution < 1.29 is 0 Å². The third kappa shape index (κ3) is 9.54. The van der Waals surface area contributed by atoms with E-state index in [1.54, 1.807) is 0 Å². The molecule has 0 amide bonds.